The molecule has 5 nitrogen and oxygen atoms in total. The maximum Gasteiger partial charge on any atom is 0.153 e. The SMILES string of the molecule is CN(C)[SH+]N1CCC(Nc2cc(C3C=C(C#N)C(F)=CC3)cc3c2=CNCC=3)C1. The van der Waals surface area contributed by atoms with Gasteiger partial charge in [-0.05, 0) is 35.8 Å². The summed E-state index contributed by atoms with van der Waals surface area (Å²) in [5.74, 6) is -0.388. The van der Waals surface area contributed by atoms with Gasteiger partial charge in [-0.15, -0.1) is 8.61 Å². The van der Waals surface area contributed by atoms with E-state index in [0.717, 1.165) is 37.3 Å². The van der Waals surface area contributed by atoms with Gasteiger partial charge >= 0.3 is 0 Å². The van der Waals surface area contributed by atoms with Gasteiger partial charge in [-0.3, -0.25) is 0 Å². The van der Waals surface area contributed by atoms with Gasteiger partial charge < -0.3 is 10.6 Å². The highest BCUT2D eigenvalue weighted by molar-refractivity contribution is 7.73. The largest absolute Gasteiger partial charge is 0.387 e. The molecule has 4 rings (SSSR count). The van der Waals surface area contributed by atoms with Crippen LogP contribution in [-0.4, -0.2) is 48.4 Å². The highest BCUT2D eigenvalue weighted by atomic mass is 32.2. The summed E-state index contributed by atoms with van der Waals surface area (Å²) in [6, 6.07) is 6.73. The molecule has 2 heterocycles. The molecule has 152 valence electrons. The first-order valence-corrected chi connectivity index (χ1v) is 10.8. The molecule has 29 heavy (non-hydrogen) atoms. The van der Waals surface area contributed by atoms with Gasteiger partial charge in [-0.1, -0.05) is 18.2 Å². The summed E-state index contributed by atoms with van der Waals surface area (Å²) in [6.07, 6.45) is 9.23. The van der Waals surface area contributed by atoms with Crippen molar-refractivity contribution < 1.29 is 4.39 Å². The molecule has 2 aliphatic heterocycles. The van der Waals surface area contributed by atoms with Crippen LogP contribution in [0.1, 0.15) is 24.3 Å². The van der Waals surface area contributed by atoms with Gasteiger partial charge in [0.15, 0.2) is 12.1 Å². The number of anilines is 1. The number of halogens is 1. The van der Waals surface area contributed by atoms with Gasteiger partial charge in [-0.25, -0.2) is 4.39 Å². The van der Waals surface area contributed by atoms with Crippen LogP contribution in [-0.2, 0) is 12.1 Å². The minimum atomic E-state index is -0.407. The van der Waals surface area contributed by atoms with E-state index in [2.05, 4.69) is 57.7 Å². The lowest BCUT2D eigenvalue weighted by molar-refractivity contribution is 0.536. The van der Waals surface area contributed by atoms with Crippen LogP contribution in [0.15, 0.2) is 35.7 Å². The molecule has 1 aromatic rings. The Balaban J connectivity index is 1.62. The fourth-order valence-electron chi connectivity index (χ4n) is 4.12. The number of nitriles is 1. The Kier molecular flexibility index (Phi) is 5.95. The predicted molar refractivity (Wildman–Crippen MR) is 119 cm³/mol. The molecule has 1 fully saturated rings. The Morgan fingerprint density at radius 3 is 3.00 bits per heavy atom. The number of nitrogens with one attached hydrogen (secondary N) is 2. The number of rotatable bonds is 5. The summed E-state index contributed by atoms with van der Waals surface area (Å²) in [6.45, 7) is 2.88. The average molecular weight is 413 g/mol. The molecule has 0 saturated carbocycles. The number of benzene rings is 1. The van der Waals surface area contributed by atoms with Crippen molar-refractivity contribution in [1.29, 1.82) is 5.26 Å². The number of thiol groups is 1. The number of hydrogen-bond acceptors (Lipinski definition) is 5. The van der Waals surface area contributed by atoms with Crippen LogP contribution in [0.25, 0.3) is 12.3 Å². The van der Waals surface area contributed by atoms with Gasteiger partial charge in [0.25, 0.3) is 0 Å². The molecule has 7 heteroatoms. The molecule has 0 radical (unpaired) electrons. The molecule has 0 spiro atoms. The van der Waals surface area contributed by atoms with Gasteiger partial charge in [0.05, 0.1) is 12.1 Å². The predicted octanol–water partition coefficient (Wildman–Crippen LogP) is 1.29. The van der Waals surface area contributed by atoms with Gasteiger partial charge in [0.1, 0.15) is 11.9 Å². The lowest BCUT2D eigenvalue weighted by Crippen LogP contribution is -2.38. The Bertz CT molecular complexity index is 1010. The first-order valence-electron chi connectivity index (χ1n) is 9.99. The van der Waals surface area contributed by atoms with E-state index in [1.807, 2.05) is 6.07 Å². The van der Waals surface area contributed by atoms with Crippen molar-refractivity contribution in [2.45, 2.75) is 24.8 Å². The van der Waals surface area contributed by atoms with Gasteiger partial charge in [0, 0.05) is 56.3 Å². The standard InChI is InChI=1S/C22H26FN5S/c1-27(2)29-28-8-6-19(14-28)26-22-11-17(10-16-5-7-25-13-20(16)22)15-3-4-21(23)18(9-15)12-24/h4-5,9-11,13,15,19,25-26H,3,6-8,14H2,1-2H3/p+1. The summed E-state index contributed by atoms with van der Waals surface area (Å²) in [5, 5.41) is 18.6. The second kappa shape index (κ2) is 8.62. The number of allylic oxidation sites excluding steroid dienone is 4. The number of nitrogens with zero attached hydrogens (tertiary/aromatic N) is 3. The molecule has 2 atom stereocenters. The fraction of sp³-hybridized carbons (Fsp3) is 0.409. The zero-order chi connectivity index (χ0) is 20.4. The van der Waals surface area contributed by atoms with Gasteiger partial charge in [-0.2, -0.15) is 5.26 Å². The zero-order valence-corrected chi connectivity index (χ0v) is 17.7. The maximum absolute atomic E-state index is 13.8. The maximum atomic E-state index is 13.8. The fourth-order valence-corrected chi connectivity index (χ4v) is 5.10. The first-order chi connectivity index (χ1) is 14.0. The molecule has 0 bridgehead atoms. The van der Waals surface area contributed by atoms with Crippen LogP contribution in [0.5, 0.6) is 0 Å². The second-order valence-corrected chi connectivity index (χ2v) is 9.44. The third-order valence-electron chi connectivity index (χ3n) is 5.48. The molecule has 1 saturated heterocycles. The molecule has 1 aromatic carbocycles. The van der Waals surface area contributed by atoms with Crippen LogP contribution in [0.2, 0.25) is 0 Å². The highest BCUT2D eigenvalue weighted by Crippen LogP contribution is 2.31. The molecular formula is C22H27FN5S+. The minimum Gasteiger partial charge on any atom is -0.387 e. The third kappa shape index (κ3) is 4.50. The highest BCUT2D eigenvalue weighted by Gasteiger charge is 2.29. The topological polar surface area (TPSA) is 54.3 Å². The van der Waals surface area contributed by atoms with Crippen molar-refractivity contribution in [2.75, 3.05) is 39.0 Å². The van der Waals surface area contributed by atoms with Crippen LogP contribution < -0.4 is 21.1 Å². The van der Waals surface area contributed by atoms with Crippen molar-refractivity contribution in [3.05, 3.63) is 51.7 Å². The van der Waals surface area contributed by atoms with Crippen molar-refractivity contribution >= 4 is 30.1 Å². The minimum absolute atomic E-state index is 0.0191. The molecule has 0 aromatic heterocycles. The summed E-state index contributed by atoms with van der Waals surface area (Å²) < 4.78 is 18.4. The summed E-state index contributed by atoms with van der Waals surface area (Å²) >= 11 is 1.23. The quantitative estimate of drug-likeness (QED) is 0.564. The zero-order valence-electron chi connectivity index (χ0n) is 16.8. The van der Waals surface area contributed by atoms with E-state index in [1.165, 1.54) is 28.6 Å². The van der Waals surface area contributed by atoms with Crippen molar-refractivity contribution in [2.24, 2.45) is 0 Å². The normalized spacial score (nSPS) is 23.8. The number of fused-ring (bicyclic) bond motifs is 1. The van der Waals surface area contributed by atoms with E-state index in [0.29, 0.717) is 12.5 Å². The van der Waals surface area contributed by atoms with E-state index in [4.69, 9.17) is 0 Å². The van der Waals surface area contributed by atoms with E-state index in [-0.39, 0.29) is 11.5 Å². The lowest BCUT2D eigenvalue weighted by atomic mass is 9.88. The van der Waals surface area contributed by atoms with E-state index in [9.17, 15) is 9.65 Å². The smallest absolute Gasteiger partial charge is 0.153 e. The average Bonchev–Trinajstić information content (AvgIpc) is 3.14. The Morgan fingerprint density at radius 2 is 2.21 bits per heavy atom. The Morgan fingerprint density at radius 1 is 1.34 bits per heavy atom. The van der Waals surface area contributed by atoms with Crippen LogP contribution >= 0.6 is 0 Å². The molecule has 0 amide bonds. The summed E-state index contributed by atoms with van der Waals surface area (Å²) in [5.41, 5.74) is 2.37. The monoisotopic (exact) mass is 412 g/mol. The molecule has 2 unspecified atom stereocenters. The van der Waals surface area contributed by atoms with E-state index < -0.39 is 5.83 Å². The van der Waals surface area contributed by atoms with Crippen LogP contribution in [0.3, 0.4) is 0 Å². The molecule has 2 N–H and O–H groups in total. The van der Waals surface area contributed by atoms with Crippen molar-refractivity contribution in [3.8, 4) is 6.07 Å². The van der Waals surface area contributed by atoms with Gasteiger partial charge in [0.2, 0.25) is 0 Å². The van der Waals surface area contributed by atoms with Crippen molar-refractivity contribution in [3.63, 3.8) is 0 Å². The van der Waals surface area contributed by atoms with E-state index >= 15 is 0 Å². The Labute approximate surface area is 175 Å². The summed E-state index contributed by atoms with van der Waals surface area (Å²) in [7, 11) is 4.17. The lowest BCUT2D eigenvalue weighted by Gasteiger charge is -2.21. The van der Waals surface area contributed by atoms with E-state index in [1.54, 1.807) is 6.08 Å². The first kappa shape index (κ1) is 20.0. The second-order valence-electron chi connectivity index (χ2n) is 7.89. The molecule has 1 aliphatic carbocycles. The number of hydrogen-bond donors (Lipinski definition) is 2. The van der Waals surface area contributed by atoms with Crippen LogP contribution in [0.4, 0.5) is 10.1 Å². The molecular weight excluding hydrogens is 385 g/mol. The van der Waals surface area contributed by atoms with Crippen LogP contribution in [0, 0.1) is 11.3 Å². The molecule has 3 aliphatic rings. The summed E-state index contributed by atoms with van der Waals surface area (Å²) in [4.78, 5) is 0. The van der Waals surface area contributed by atoms with Crippen molar-refractivity contribution in [1.82, 2.24) is 13.9 Å². The Hall–Kier alpha value is -2.27. The third-order valence-corrected chi connectivity index (χ3v) is 6.45.